The van der Waals surface area contributed by atoms with E-state index in [0.29, 0.717) is 5.92 Å². The van der Waals surface area contributed by atoms with Crippen LogP contribution in [0.15, 0.2) is 48.5 Å². The summed E-state index contributed by atoms with van der Waals surface area (Å²) in [5.74, 6) is 0.0133. The van der Waals surface area contributed by atoms with Crippen LogP contribution in [0, 0.1) is 5.92 Å². The number of hydrogen-bond donors (Lipinski definition) is 0. The largest absolute Gasteiger partial charge is 0.460 e. The number of hydrogen-bond acceptors (Lipinski definition) is 2. The van der Waals surface area contributed by atoms with Gasteiger partial charge < -0.3 is 4.74 Å². The van der Waals surface area contributed by atoms with Crippen LogP contribution in [0.25, 0.3) is 11.1 Å². The Morgan fingerprint density at radius 3 is 1.94 bits per heavy atom. The van der Waals surface area contributed by atoms with Crippen LogP contribution in [0.3, 0.4) is 0 Å². The highest BCUT2D eigenvalue weighted by Crippen LogP contribution is 2.30. The van der Waals surface area contributed by atoms with Crippen LogP contribution in [0.1, 0.15) is 102 Å². The van der Waals surface area contributed by atoms with Gasteiger partial charge in [-0.1, -0.05) is 94.5 Å². The molecule has 0 bridgehead atoms. The Morgan fingerprint density at radius 1 is 0.800 bits per heavy atom. The van der Waals surface area contributed by atoms with Gasteiger partial charge in [0.1, 0.15) is 6.10 Å². The van der Waals surface area contributed by atoms with Gasteiger partial charge in [0.2, 0.25) is 0 Å². The average Bonchev–Trinajstić information content (AvgIpc) is 2.90. The van der Waals surface area contributed by atoms with Crippen LogP contribution in [0.4, 0.5) is 4.39 Å². The van der Waals surface area contributed by atoms with Crippen LogP contribution in [0.5, 0.6) is 0 Å². The Labute approximate surface area is 212 Å². The summed E-state index contributed by atoms with van der Waals surface area (Å²) < 4.78 is 19.3. The normalized spacial score (nSPS) is 18.8. The molecule has 1 saturated carbocycles. The summed E-state index contributed by atoms with van der Waals surface area (Å²) >= 11 is 0. The lowest BCUT2D eigenvalue weighted by atomic mass is 9.83. The molecule has 1 atom stereocenters. The molecule has 0 heterocycles. The third kappa shape index (κ3) is 9.43. The molecule has 2 nitrogen and oxygen atoms in total. The van der Waals surface area contributed by atoms with Gasteiger partial charge in [0.25, 0.3) is 0 Å². The molecule has 2 aromatic carbocycles. The molecule has 192 valence electrons. The maximum absolute atomic E-state index is 13.9. The minimum absolute atomic E-state index is 0.0966. The molecule has 1 fully saturated rings. The Kier molecular flexibility index (Phi) is 11.8. The molecule has 3 heteroatoms. The average molecular weight is 481 g/mol. The van der Waals surface area contributed by atoms with Crippen molar-refractivity contribution in [2.75, 3.05) is 0 Å². The number of carbonyl (C=O) groups is 1. The second-order valence-corrected chi connectivity index (χ2v) is 10.4. The van der Waals surface area contributed by atoms with E-state index in [2.05, 4.69) is 55.5 Å². The molecular weight excluding hydrogens is 435 g/mol. The molecule has 35 heavy (non-hydrogen) atoms. The number of unbranched alkanes of at least 4 members (excludes halogenated alkanes) is 4. The summed E-state index contributed by atoms with van der Waals surface area (Å²) in [6.45, 7) is 4.26. The smallest absolute Gasteiger partial charge is 0.340 e. The maximum atomic E-state index is 13.9. The molecule has 0 saturated heterocycles. The fourth-order valence-corrected chi connectivity index (χ4v) is 5.13. The zero-order valence-corrected chi connectivity index (χ0v) is 21.9. The van der Waals surface area contributed by atoms with Crippen LogP contribution in [-0.4, -0.2) is 18.2 Å². The molecule has 0 unspecified atom stereocenters. The third-order valence-corrected chi connectivity index (χ3v) is 7.54. The first kappa shape index (κ1) is 27.4. The van der Waals surface area contributed by atoms with Crippen molar-refractivity contribution in [3.8, 4) is 11.1 Å². The zero-order valence-electron chi connectivity index (χ0n) is 21.9. The quantitative estimate of drug-likeness (QED) is 0.199. The number of halogens is 1. The Hall–Kier alpha value is -2.16. The Balaban J connectivity index is 1.37. The minimum Gasteiger partial charge on any atom is -0.460 e. The van der Waals surface area contributed by atoms with E-state index in [9.17, 15) is 9.18 Å². The van der Waals surface area contributed by atoms with Crippen LogP contribution in [-0.2, 0) is 22.4 Å². The highest BCUT2D eigenvalue weighted by molar-refractivity contribution is 5.74. The lowest BCUT2D eigenvalue weighted by Crippen LogP contribution is -2.29. The number of carbonyl (C=O) groups excluding carboxylic acids is 1. The van der Waals surface area contributed by atoms with Crippen molar-refractivity contribution < 1.29 is 13.9 Å². The monoisotopic (exact) mass is 480 g/mol. The summed E-state index contributed by atoms with van der Waals surface area (Å²) in [6, 6.07) is 18.1. The van der Waals surface area contributed by atoms with E-state index in [-0.39, 0.29) is 12.5 Å². The van der Waals surface area contributed by atoms with Gasteiger partial charge in [0.15, 0.2) is 6.17 Å². The summed E-state index contributed by atoms with van der Waals surface area (Å²) in [5, 5.41) is 0. The Morgan fingerprint density at radius 2 is 1.37 bits per heavy atom. The second-order valence-electron chi connectivity index (χ2n) is 10.4. The van der Waals surface area contributed by atoms with Gasteiger partial charge in [-0.25, -0.2) is 9.18 Å². The molecule has 0 spiro atoms. The van der Waals surface area contributed by atoms with E-state index < -0.39 is 12.1 Å². The fraction of sp³-hybridized carbons (Fsp3) is 0.594. The van der Waals surface area contributed by atoms with Gasteiger partial charge in [-0.3, -0.25) is 0 Å². The fourth-order valence-electron chi connectivity index (χ4n) is 5.13. The van der Waals surface area contributed by atoms with Crippen LogP contribution in [0.2, 0.25) is 0 Å². The number of rotatable bonds is 14. The highest BCUT2D eigenvalue weighted by Gasteiger charge is 2.27. The van der Waals surface area contributed by atoms with E-state index in [1.54, 1.807) is 0 Å². The molecule has 0 radical (unpaired) electrons. The van der Waals surface area contributed by atoms with Gasteiger partial charge in [0.05, 0.1) is 0 Å². The number of benzene rings is 2. The molecule has 0 N–H and O–H groups in total. The van der Waals surface area contributed by atoms with E-state index in [4.69, 9.17) is 4.74 Å². The van der Waals surface area contributed by atoms with E-state index in [1.807, 2.05) is 6.92 Å². The first-order valence-corrected chi connectivity index (χ1v) is 14.1. The molecule has 1 aliphatic carbocycles. The molecule has 2 aromatic rings. The number of aryl methyl sites for hydroxylation is 2. The number of esters is 1. The molecule has 0 aromatic heterocycles. The van der Waals surface area contributed by atoms with Gasteiger partial charge >= 0.3 is 5.97 Å². The molecule has 3 rings (SSSR count). The summed E-state index contributed by atoms with van der Waals surface area (Å²) in [6.07, 6.45) is 12.9. The summed E-state index contributed by atoms with van der Waals surface area (Å²) in [7, 11) is 0. The first-order valence-electron chi connectivity index (χ1n) is 14.1. The Bertz CT molecular complexity index is 850. The predicted molar refractivity (Wildman–Crippen MR) is 144 cm³/mol. The molecule has 0 aliphatic heterocycles. The van der Waals surface area contributed by atoms with E-state index in [0.717, 1.165) is 51.4 Å². The van der Waals surface area contributed by atoms with E-state index in [1.165, 1.54) is 54.4 Å². The lowest BCUT2D eigenvalue weighted by molar-refractivity contribution is -0.157. The van der Waals surface area contributed by atoms with Gasteiger partial charge in [-0.15, -0.1) is 0 Å². The predicted octanol–water partition coefficient (Wildman–Crippen LogP) is 9.04. The number of ether oxygens (including phenoxy) is 1. The zero-order chi connectivity index (χ0) is 24.9. The third-order valence-electron chi connectivity index (χ3n) is 7.54. The topological polar surface area (TPSA) is 26.3 Å². The van der Waals surface area contributed by atoms with Crippen molar-refractivity contribution in [3.63, 3.8) is 0 Å². The van der Waals surface area contributed by atoms with Crippen molar-refractivity contribution >= 4 is 5.97 Å². The second kappa shape index (κ2) is 15.1. The number of alkyl halides is 1. The molecule has 0 amide bonds. The summed E-state index contributed by atoms with van der Waals surface area (Å²) in [4.78, 5) is 11.9. The maximum Gasteiger partial charge on any atom is 0.340 e. The van der Waals surface area contributed by atoms with Crippen molar-refractivity contribution in [1.29, 1.82) is 0 Å². The first-order chi connectivity index (χ1) is 17.1. The van der Waals surface area contributed by atoms with Crippen molar-refractivity contribution in [3.05, 3.63) is 59.7 Å². The van der Waals surface area contributed by atoms with Gasteiger partial charge in [-0.2, -0.15) is 0 Å². The SMILES string of the molecule is CCCCCCc1ccc(-c2ccc(CCC3CCC(OC(=O)[C@@H](F)CCCC)CC3)cc2)cc1. The minimum atomic E-state index is -1.45. The van der Waals surface area contributed by atoms with Crippen molar-refractivity contribution in [2.45, 2.75) is 116 Å². The molecular formula is C32H45FO2. The molecule has 1 aliphatic rings. The highest BCUT2D eigenvalue weighted by atomic mass is 19.1. The lowest BCUT2D eigenvalue weighted by Gasteiger charge is -2.28. The van der Waals surface area contributed by atoms with E-state index >= 15 is 0 Å². The van der Waals surface area contributed by atoms with Gasteiger partial charge in [-0.05, 0) is 86.0 Å². The van der Waals surface area contributed by atoms with Crippen molar-refractivity contribution in [1.82, 2.24) is 0 Å². The van der Waals surface area contributed by atoms with Gasteiger partial charge in [0, 0.05) is 0 Å². The van der Waals surface area contributed by atoms with Crippen molar-refractivity contribution in [2.24, 2.45) is 5.92 Å². The van der Waals surface area contributed by atoms with Crippen LogP contribution >= 0.6 is 0 Å². The summed E-state index contributed by atoms with van der Waals surface area (Å²) in [5.41, 5.74) is 5.38. The standard InChI is InChI=1S/C32H45FO2/c1-3-5-7-8-9-25-13-19-28(20-14-25)29-21-15-26(16-22-29)11-12-27-17-23-30(24-18-27)35-32(34)31(33)10-6-4-2/h13-16,19-22,27,30-31H,3-12,17-18,23-24H2,1-2H3/t27?,30?,31-/m0/s1. The van der Waals surface area contributed by atoms with Crippen LogP contribution < -0.4 is 0 Å².